The van der Waals surface area contributed by atoms with Crippen molar-refractivity contribution in [3.63, 3.8) is 0 Å². The highest BCUT2D eigenvalue weighted by molar-refractivity contribution is 5.90. The van der Waals surface area contributed by atoms with E-state index in [4.69, 9.17) is 4.74 Å². The van der Waals surface area contributed by atoms with Gasteiger partial charge in [-0.25, -0.2) is 0 Å². The molecule has 0 spiro atoms. The van der Waals surface area contributed by atoms with E-state index < -0.39 is 6.04 Å². The Labute approximate surface area is 122 Å². The van der Waals surface area contributed by atoms with Crippen molar-refractivity contribution < 1.29 is 14.3 Å². The van der Waals surface area contributed by atoms with E-state index in [-0.39, 0.29) is 17.4 Å². The van der Waals surface area contributed by atoms with Gasteiger partial charge in [0.05, 0.1) is 5.60 Å². The fourth-order valence-corrected chi connectivity index (χ4v) is 2.58. The SMILES string of the molecule is CCOC(C)(C)CN1CCC(=O)NC(CC(C)C)C1=O. The Bertz CT molecular complexity index is 353. The number of nitrogens with zero attached hydrogens (tertiary/aromatic N) is 1. The molecule has 1 N–H and O–H groups in total. The minimum atomic E-state index is -0.401. The number of amides is 2. The third kappa shape index (κ3) is 5.12. The van der Waals surface area contributed by atoms with Crippen LogP contribution in [0.3, 0.4) is 0 Å². The lowest BCUT2D eigenvalue weighted by Crippen LogP contribution is -2.49. The number of nitrogens with one attached hydrogen (secondary N) is 1. The maximum absolute atomic E-state index is 12.6. The van der Waals surface area contributed by atoms with Crippen LogP contribution in [0, 0.1) is 5.92 Å². The molecule has 0 saturated carbocycles. The van der Waals surface area contributed by atoms with E-state index in [1.807, 2.05) is 20.8 Å². The first-order chi connectivity index (χ1) is 9.25. The van der Waals surface area contributed by atoms with Crippen LogP contribution >= 0.6 is 0 Å². The largest absolute Gasteiger partial charge is 0.374 e. The molecule has 1 atom stereocenters. The molecule has 0 aromatic carbocycles. The van der Waals surface area contributed by atoms with Crippen molar-refractivity contribution in [3.05, 3.63) is 0 Å². The molecule has 1 saturated heterocycles. The minimum absolute atomic E-state index is 0.0114. The third-order valence-electron chi connectivity index (χ3n) is 3.37. The summed E-state index contributed by atoms with van der Waals surface area (Å²) in [6.45, 7) is 11.6. The van der Waals surface area contributed by atoms with Gasteiger partial charge >= 0.3 is 0 Å². The Morgan fingerprint density at radius 2 is 2.05 bits per heavy atom. The van der Waals surface area contributed by atoms with Crippen molar-refractivity contribution in [2.24, 2.45) is 5.92 Å². The van der Waals surface area contributed by atoms with Gasteiger partial charge in [-0.3, -0.25) is 9.59 Å². The zero-order chi connectivity index (χ0) is 15.3. The number of hydrogen-bond donors (Lipinski definition) is 1. The van der Waals surface area contributed by atoms with Crippen molar-refractivity contribution >= 4 is 11.8 Å². The Morgan fingerprint density at radius 3 is 2.60 bits per heavy atom. The summed E-state index contributed by atoms with van der Waals surface area (Å²) in [5.41, 5.74) is -0.389. The summed E-state index contributed by atoms with van der Waals surface area (Å²) in [4.78, 5) is 26.1. The number of rotatable bonds is 6. The molecule has 1 aliphatic rings. The van der Waals surface area contributed by atoms with Crippen LogP contribution in [0.15, 0.2) is 0 Å². The van der Waals surface area contributed by atoms with E-state index in [0.29, 0.717) is 38.5 Å². The van der Waals surface area contributed by atoms with E-state index in [0.717, 1.165) is 0 Å². The molecule has 1 unspecified atom stereocenters. The quantitative estimate of drug-likeness (QED) is 0.805. The van der Waals surface area contributed by atoms with E-state index in [9.17, 15) is 9.59 Å². The van der Waals surface area contributed by atoms with E-state index in [1.54, 1.807) is 4.90 Å². The fourth-order valence-electron chi connectivity index (χ4n) is 2.58. The molecule has 0 aliphatic carbocycles. The van der Waals surface area contributed by atoms with Gasteiger partial charge in [0.15, 0.2) is 0 Å². The average molecular weight is 284 g/mol. The zero-order valence-electron chi connectivity index (χ0n) is 13.4. The molecule has 116 valence electrons. The summed E-state index contributed by atoms with van der Waals surface area (Å²) in [6.07, 6.45) is 1.04. The summed E-state index contributed by atoms with van der Waals surface area (Å²) in [5.74, 6) is 0.335. The lowest BCUT2D eigenvalue weighted by molar-refractivity contribution is -0.137. The molecule has 5 nitrogen and oxygen atoms in total. The second-order valence-electron chi connectivity index (χ2n) is 6.45. The van der Waals surface area contributed by atoms with Crippen molar-refractivity contribution in [1.82, 2.24) is 10.2 Å². The molecular weight excluding hydrogens is 256 g/mol. The number of carbonyl (C=O) groups is 2. The van der Waals surface area contributed by atoms with Crippen LogP contribution in [0.5, 0.6) is 0 Å². The molecule has 1 fully saturated rings. The van der Waals surface area contributed by atoms with Gasteiger partial charge in [0.25, 0.3) is 0 Å². The van der Waals surface area contributed by atoms with E-state index >= 15 is 0 Å². The molecule has 0 radical (unpaired) electrons. The standard InChI is InChI=1S/C15H28N2O3/c1-6-20-15(4,5)10-17-8-7-13(18)16-12(14(17)19)9-11(2)3/h11-12H,6-10H2,1-5H3,(H,16,18). The lowest BCUT2D eigenvalue weighted by atomic mass is 10.0. The molecule has 2 amide bonds. The smallest absolute Gasteiger partial charge is 0.245 e. The van der Waals surface area contributed by atoms with Crippen molar-refractivity contribution in [1.29, 1.82) is 0 Å². The van der Waals surface area contributed by atoms with Gasteiger partial charge in [0.1, 0.15) is 6.04 Å². The topological polar surface area (TPSA) is 58.6 Å². The van der Waals surface area contributed by atoms with Crippen LogP contribution in [0.25, 0.3) is 0 Å². The van der Waals surface area contributed by atoms with Crippen LogP contribution in [-0.4, -0.2) is 48.1 Å². The maximum Gasteiger partial charge on any atom is 0.245 e. The lowest BCUT2D eigenvalue weighted by Gasteiger charge is -2.33. The van der Waals surface area contributed by atoms with Crippen LogP contribution in [0.1, 0.15) is 47.5 Å². The van der Waals surface area contributed by atoms with E-state index in [2.05, 4.69) is 19.2 Å². The predicted molar refractivity (Wildman–Crippen MR) is 78.3 cm³/mol. The molecule has 0 aromatic rings. The summed E-state index contributed by atoms with van der Waals surface area (Å²) in [6, 6.07) is -0.401. The van der Waals surface area contributed by atoms with Crippen LogP contribution in [0.4, 0.5) is 0 Å². The number of hydrogen-bond acceptors (Lipinski definition) is 3. The molecule has 1 aliphatic heterocycles. The fraction of sp³-hybridized carbons (Fsp3) is 0.867. The number of carbonyl (C=O) groups excluding carboxylic acids is 2. The second-order valence-corrected chi connectivity index (χ2v) is 6.45. The summed E-state index contributed by atoms with van der Waals surface area (Å²) in [7, 11) is 0. The molecule has 20 heavy (non-hydrogen) atoms. The van der Waals surface area contributed by atoms with Gasteiger partial charge in [-0.1, -0.05) is 13.8 Å². The number of ether oxygens (including phenoxy) is 1. The normalized spacial score (nSPS) is 21.1. The van der Waals surface area contributed by atoms with Gasteiger partial charge in [-0.05, 0) is 33.1 Å². The summed E-state index contributed by atoms with van der Waals surface area (Å²) >= 11 is 0. The molecule has 1 heterocycles. The van der Waals surface area contributed by atoms with Gasteiger partial charge in [-0.15, -0.1) is 0 Å². The van der Waals surface area contributed by atoms with E-state index in [1.165, 1.54) is 0 Å². The summed E-state index contributed by atoms with van der Waals surface area (Å²) < 4.78 is 5.67. The first kappa shape index (κ1) is 17.0. The highest BCUT2D eigenvalue weighted by atomic mass is 16.5. The minimum Gasteiger partial charge on any atom is -0.374 e. The Hall–Kier alpha value is -1.10. The first-order valence-corrected chi connectivity index (χ1v) is 7.47. The maximum atomic E-state index is 12.6. The molecule has 0 aromatic heterocycles. The third-order valence-corrected chi connectivity index (χ3v) is 3.37. The van der Waals surface area contributed by atoms with Gasteiger partial charge in [-0.2, -0.15) is 0 Å². The summed E-state index contributed by atoms with van der Waals surface area (Å²) in [5, 5.41) is 2.84. The highest BCUT2D eigenvalue weighted by Crippen LogP contribution is 2.17. The Balaban J connectivity index is 2.79. The van der Waals surface area contributed by atoms with Crippen molar-refractivity contribution in [2.75, 3.05) is 19.7 Å². The molecule has 5 heteroatoms. The van der Waals surface area contributed by atoms with Crippen LogP contribution in [-0.2, 0) is 14.3 Å². The molecule has 1 rings (SSSR count). The van der Waals surface area contributed by atoms with Crippen molar-refractivity contribution in [3.8, 4) is 0 Å². The predicted octanol–water partition coefficient (Wildman–Crippen LogP) is 1.56. The monoisotopic (exact) mass is 284 g/mol. The first-order valence-electron chi connectivity index (χ1n) is 7.47. The highest BCUT2D eigenvalue weighted by Gasteiger charge is 2.33. The van der Waals surface area contributed by atoms with Crippen molar-refractivity contribution in [2.45, 2.75) is 59.1 Å². The van der Waals surface area contributed by atoms with Crippen LogP contribution < -0.4 is 5.32 Å². The molecular formula is C15H28N2O3. The Kier molecular flexibility index (Phi) is 5.99. The molecule has 0 bridgehead atoms. The zero-order valence-corrected chi connectivity index (χ0v) is 13.4. The van der Waals surface area contributed by atoms with Gasteiger partial charge < -0.3 is 15.0 Å². The van der Waals surface area contributed by atoms with Gasteiger partial charge in [0.2, 0.25) is 11.8 Å². The van der Waals surface area contributed by atoms with Gasteiger partial charge in [0, 0.05) is 26.1 Å². The average Bonchev–Trinajstić information content (AvgIpc) is 2.42. The second kappa shape index (κ2) is 7.07. The Morgan fingerprint density at radius 1 is 1.40 bits per heavy atom. The van der Waals surface area contributed by atoms with Crippen LogP contribution in [0.2, 0.25) is 0 Å².